The summed E-state index contributed by atoms with van der Waals surface area (Å²) in [6, 6.07) is 6.94. The van der Waals surface area contributed by atoms with Gasteiger partial charge in [-0.15, -0.1) is 0 Å². The highest BCUT2D eigenvalue weighted by Crippen LogP contribution is 2.26. The van der Waals surface area contributed by atoms with Gasteiger partial charge < -0.3 is 10.2 Å². The van der Waals surface area contributed by atoms with Crippen LogP contribution in [0.3, 0.4) is 0 Å². The largest absolute Gasteiger partial charge is 0.343 e. The normalized spacial score (nSPS) is 14.9. The smallest absolute Gasteiger partial charge is 0.259 e. The van der Waals surface area contributed by atoms with Crippen molar-refractivity contribution in [1.29, 1.82) is 0 Å². The van der Waals surface area contributed by atoms with Crippen LogP contribution in [-0.2, 0) is 4.79 Å². The molecule has 6 nitrogen and oxygen atoms in total. The first-order valence-electron chi connectivity index (χ1n) is 9.16. The average Bonchev–Trinajstić information content (AvgIpc) is 2.69. The molecular formula is C20H23ClN4O2. The SMILES string of the molecule is CCC(=O)N1CCC(c2ncc(C(=O)Nc3ccc(Cl)cc3)c(C)n2)CC1. The fraction of sp³-hybridized carbons (Fsp3) is 0.400. The lowest BCUT2D eigenvalue weighted by atomic mass is 9.95. The van der Waals surface area contributed by atoms with Crippen molar-refractivity contribution in [3.8, 4) is 0 Å². The molecule has 1 fully saturated rings. The molecule has 1 aliphatic rings. The van der Waals surface area contributed by atoms with E-state index in [0.717, 1.165) is 31.8 Å². The van der Waals surface area contributed by atoms with Gasteiger partial charge >= 0.3 is 0 Å². The molecule has 27 heavy (non-hydrogen) atoms. The van der Waals surface area contributed by atoms with Gasteiger partial charge in [0.15, 0.2) is 0 Å². The number of nitrogens with one attached hydrogen (secondary N) is 1. The van der Waals surface area contributed by atoms with Crippen LogP contribution in [0.1, 0.15) is 54.0 Å². The molecule has 3 rings (SSSR count). The molecule has 0 saturated carbocycles. The van der Waals surface area contributed by atoms with Gasteiger partial charge in [-0.3, -0.25) is 9.59 Å². The average molecular weight is 387 g/mol. The Bertz CT molecular complexity index is 830. The van der Waals surface area contributed by atoms with Crippen LogP contribution < -0.4 is 5.32 Å². The first-order valence-corrected chi connectivity index (χ1v) is 9.54. The Morgan fingerprint density at radius 2 is 1.89 bits per heavy atom. The zero-order chi connectivity index (χ0) is 19.4. The summed E-state index contributed by atoms with van der Waals surface area (Å²) in [6.07, 6.45) is 3.83. The molecule has 2 amide bonds. The number of aromatic nitrogens is 2. The van der Waals surface area contributed by atoms with E-state index in [1.54, 1.807) is 30.5 Å². The number of hydrogen-bond donors (Lipinski definition) is 1. The van der Waals surface area contributed by atoms with Crippen LogP contribution >= 0.6 is 11.6 Å². The van der Waals surface area contributed by atoms with Crippen LogP contribution in [0.5, 0.6) is 0 Å². The summed E-state index contributed by atoms with van der Waals surface area (Å²) in [7, 11) is 0. The summed E-state index contributed by atoms with van der Waals surface area (Å²) in [4.78, 5) is 35.2. The molecule has 0 spiro atoms. The zero-order valence-corrected chi connectivity index (χ0v) is 16.3. The molecule has 1 aliphatic heterocycles. The topological polar surface area (TPSA) is 75.2 Å². The Balaban J connectivity index is 1.66. The first kappa shape index (κ1) is 19.3. The van der Waals surface area contributed by atoms with Crippen molar-refractivity contribution >= 4 is 29.1 Å². The number of carbonyl (C=O) groups is 2. The number of halogens is 1. The lowest BCUT2D eigenvalue weighted by molar-refractivity contribution is -0.131. The number of carbonyl (C=O) groups excluding carboxylic acids is 2. The van der Waals surface area contributed by atoms with Gasteiger partial charge in [-0.1, -0.05) is 18.5 Å². The number of nitrogens with zero attached hydrogens (tertiary/aromatic N) is 3. The highest BCUT2D eigenvalue weighted by Gasteiger charge is 2.25. The lowest BCUT2D eigenvalue weighted by Crippen LogP contribution is -2.37. The summed E-state index contributed by atoms with van der Waals surface area (Å²) in [5.41, 5.74) is 1.77. The minimum Gasteiger partial charge on any atom is -0.343 e. The Morgan fingerprint density at radius 1 is 1.22 bits per heavy atom. The molecule has 1 aromatic heterocycles. The highest BCUT2D eigenvalue weighted by atomic mass is 35.5. The van der Waals surface area contributed by atoms with Gasteiger partial charge in [0.2, 0.25) is 5.91 Å². The molecule has 1 aromatic carbocycles. The van der Waals surface area contributed by atoms with Gasteiger partial charge in [0.25, 0.3) is 5.91 Å². The minimum absolute atomic E-state index is 0.194. The van der Waals surface area contributed by atoms with Crippen molar-refractivity contribution < 1.29 is 9.59 Å². The number of piperidine rings is 1. The van der Waals surface area contributed by atoms with E-state index in [1.165, 1.54) is 0 Å². The van der Waals surface area contributed by atoms with Crippen LogP contribution in [0.25, 0.3) is 0 Å². The molecule has 0 radical (unpaired) electrons. The van der Waals surface area contributed by atoms with Crippen molar-refractivity contribution in [2.45, 2.75) is 39.0 Å². The number of likely N-dealkylation sites (tertiary alicyclic amines) is 1. The van der Waals surface area contributed by atoms with E-state index >= 15 is 0 Å². The molecule has 7 heteroatoms. The minimum atomic E-state index is -0.246. The van der Waals surface area contributed by atoms with Crippen molar-refractivity contribution in [3.63, 3.8) is 0 Å². The van der Waals surface area contributed by atoms with Gasteiger partial charge in [-0.25, -0.2) is 9.97 Å². The number of hydrogen-bond acceptors (Lipinski definition) is 4. The van der Waals surface area contributed by atoms with E-state index in [9.17, 15) is 9.59 Å². The molecule has 0 aliphatic carbocycles. The maximum absolute atomic E-state index is 12.5. The summed E-state index contributed by atoms with van der Waals surface area (Å²) >= 11 is 5.86. The Morgan fingerprint density at radius 3 is 2.48 bits per heavy atom. The molecule has 142 valence electrons. The third kappa shape index (κ3) is 4.63. The highest BCUT2D eigenvalue weighted by molar-refractivity contribution is 6.30. The second-order valence-corrected chi connectivity index (χ2v) is 7.13. The van der Waals surface area contributed by atoms with E-state index in [-0.39, 0.29) is 17.7 Å². The fourth-order valence-electron chi connectivity index (χ4n) is 3.25. The number of benzene rings is 1. The zero-order valence-electron chi connectivity index (χ0n) is 15.5. The van der Waals surface area contributed by atoms with Crippen molar-refractivity contribution in [2.24, 2.45) is 0 Å². The molecule has 0 bridgehead atoms. The third-order valence-electron chi connectivity index (χ3n) is 4.86. The lowest BCUT2D eigenvalue weighted by Gasteiger charge is -2.31. The van der Waals surface area contributed by atoms with Gasteiger partial charge in [0, 0.05) is 42.3 Å². The number of rotatable bonds is 4. The molecule has 2 heterocycles. The van der Waals surface area contributed by atoms with Crippen molar-refractivity contribution in [1.82, 2.24) is 14.9 Å². The molecule has 1 N–H and O–H groups in total. The maximum Gasteiger partial charge on any atom is 0.259 e. The monoisotopic (exact) mass is 386 g/mol. The Hall–Kier alpha value is -2.47. The maximum atomic E-state index is 12.5. The van der Waals surface area contributed by atoms with Gasteiger partial charge in [-0.05, 0) is 44.0 Å². The van der Waals surface area contributed by atoms with Crippen LogP contribution in [-0.4, -0.2) is 39.8 Å². The molecular weight excluding hydrogens is 364 g/mol. The number of amides is 2. The number of aryl methyl sites for hydroxylation is 1. The van der Waals surface area contributed by atoms with Crippen LogP contribution in [0.2, 0.25) is 5.02 Å². The van der Waals surface area contributed by atoms with Crippen molar-refractivity contribution in [3.05, 3.63) is 52.6 Å². The van der Waals surface area contributed by atoms with Crippen LogP contribution in [0.4, 0.5) is 5.69 Å². The van der Waals surface area contributed by atoms with E-state index in [4.69, 9.17) is 11.6 Å². The Kier molecular flexibility index (Phi) is 6.06. The Labute approximate surface area is 164 Å². The van der Waals surface area contributed by atoms with Crippen molar-refractivity contribution in [2.75, 3.05) is 18.4 Å². The summed E-state index contributed by atoms with van der Waals surface area (Å²) in [5.74, 6) is 0.918. The van der Waals surface area contributed by atoms with Crippen LogP contribution in [0.15, 0.2) is 30.5 Å². The molecule has 1 saturated heterocycles. The van der Waals surface area contributed by atoms with Gasteiger partial charge in [0.1, 0.15) is 5.82 Å². The predicted octanol–water partition coefficient (Wildman–Crippen LogP) is 3.81. The molecule has 2 aromatic rings. The standard InChI is InChI=1S/C20H23ClN4O2/c1-3-18(26)25-10-8-14(9-11-25)19-22-12-17(13(2)23-19)20(27)24-16-6-4-15(21)5-7-16/h4-7,12,14H,3,8-11H2,1-2H3,(H,24,27). The van der Waals surface area contributed by atoms with Gasteiger partial charge in [0.05, 0.1) is 11.3 Å². The van der Waals surface area contributed by atoms with E-state index in [2.05, 4.69) is 15.3 Å². The van der Waals surface area contributed by atoms with Gasteiger partial charge in [-0.2, -0.15) is 0 Å². The summed E-state index contributed by atoms with van der Waals surface area (Å²) < 4.78 is 0. The van der Waals surface area contributed by atoms with E-state index < -0.39 is 0 Å². The van der Waals surface area contributed by atoms with Crippen LogP contribution in [0, 0.1) is 6.92 Å². The first-order chi connectivity index (χ1) is 13.0. The third-order valence-corrected chi connectivity index (χ3v) is 5.11. The van der Waals surface area contributed by atoms with E-state index in [1.807, 2.05) is 18.7 Å². The molecule has 0 atom stereocenters. The second kappa shape index (κ2) is 8.48. The fourth-order valence-corrected chi connectivity index (χ4v) is 3.37. The predicted molar refractivity (Wildman–Crippen MR) is 105 cm³/mol. The quantitative estimate of drug-likeness (QED) is 0.866. The molecule has 0 unspecified atom stereocenters. The number of anilines is 1. The van der Waals surface area contributed by atoms with E-state index in [0.29, 0.717) is 28.4 Å². The summed E-state index contributed by atoms with van der Waals surface area (Å²) in [5, 5.41) is 3.44. The second-order valence-electron chi connectivity index (χ2n) is 6.70. The summed E-state index contributed by atoms with van der Waals surface area (Å²) in [6.45, 7) is 5.17.